The minimum Gasteiger partial charge on any atom is -0.356 e. The van der Waals surface area contributed by atoms with E-state index in [1.165, 1.54) is 17.5 Å². The number of carbonyl (C=O) groups is 2. The van der Waals surface area contributed by atoms with Crippen LogP contribution in [0.5, 0.6) is 0 Å². The van der Waals surface area contributed by atoms with Crippen molar-refractivity contribution < 1.29 is 9.59 Å². The third-order valence-electron chi connectivity index (χ3n) is 3.70. The zero-order chi connectivity index (χ0) is 14.4. The molecule has 0 heterocycles. The van der Waals surface area contributed by atoms with Gasteiger partial charge in [0.15, 0.2) is 5.78 Å². The smallest absolute Gasteiger partial charge is 0.220 e. The van der Waals surface area contributed by atoms with Gasteiger partial charge in [0.05, 0.1) is 0 Å². The fraction of sp³-hybridized carbons (Fsp3) is 0.500. The lowest BCUT2D eigenvalue weighted by atomic mass is 10.0. The van der Waals surface area contributed by atoms with Crippen LogP contribution in [-0.2, 0) is 17.6 Å². The van der Waals surface area contributed by atoms with Gasteiger partial charge in [-0.05, 0) is 49.4 Å². The molecule has 0 aliphatic heterocycles. The maximum atomic E-state index is 12.1. The molecule has 1 aliphatic carbocycles. The predicted octanol–water partition coefficient (Wildman–Crippen LogP) is 2.02. The fourth-order valence-corrected chi connectivity index (χ4v) is 2.53. The van der Waals surface area contributed by atoms with Crippen LogP contribution in [0.15, 0.2) is 18.2 Å². The van der Waals surface area contributed by atoms with Crippen LogP contribution >= 0.6 is 12.4 Å². The number of hydrogen-bond acceptors (Lipinski definition) is 3. The number of aryl methyl sites for hydroxylation is 2. The summed E-state index contributed by atoms with van der Waals surface area (Å²) < 4.78 is 0. The van der Waals surface area contributed by atoms with Gasteiger partial charge in [-0.1, -0.05) is 12.1 Å². The van der Waals surface area contributed by atoms with E-state index in [2.05, 4.69) is 11.4 Å². The summed E-state index contributed by atoms with van der Waals surface area (Å²) in [4.78, 5) is 23.6. The van der Waals surface area contributed by atoms with Gasteiger partial charge in [-0.3, -0.25) is 9.59 Å². The maximum Gasteiger partial charge on any atom is 0.220 e. The second-order valence-electron chi connectivity index (χ2n) is 5.25. The molecule has 0 unspecified atom stereocenters. The number of carbonyl (C=O) groups excluding carboxylic acids is 2. The van der Waals surface area contributed by atoms with Crippen LogP contribution in [-0.4, -0.2) is 24.8 Å². The Labute approximate surface area is 131 Å². The van der Waals surface area contributed by atoms with Crippen LogP contribution < -0.4 is 11.1 Å². The quantitative estimate of drug-likeness (QED) is 0.598. The second kappa shape index (κ2) is 8.80. The lowest BCUT2D eigenvalue weighted by molar-refractivity contribution is -0.121. The summed E-state index contributed by atoms with van der Waals surface area (Å²) in [6, 6.07) is 5.94. The molecule has 116 valence electrons. The number of benzene rings is 1. The summed E-state index contributed by atoms with van der Waals surface area (Å²) in [5, 5.41) is 2.76. The van der Waals surface area contributed by atoms with Crippen LogP contribution in [0.1, 0.15) is 47.2 Å². The van der Waals surface area contributed by atoms with E-state index in [9.17, 15) is 9.59 Å². The summed E-state index contributed by atoms with van der Waals surface area (Å²) in [5.41, 5.74) is 8.75. The molecular formula is C16H23ClN2O2. The SMILES string of the molecule is Cl.NCCCNC(=O)CCC(=O)c1ccc2c(c1)CCC2. The fourth-order valence-electron chi connectivity index (χ4n) is 2.53. The highest BCUT2D eigenvalue weighted by molar-refractivity contribution is 5.98. The largest absolute Gasteiger partial charge is 0.356 e. The number of rotatable bonds is 7. The Bertz CT molecular complexity index is 503. The first kappa shape index (κ1) is 17.7. The van der Waals surface area contributed by atoms with E-state index in [-0.39, 0.29) is 36.9 Å². The Balaban J connectivity index is 0.00000220. The first-order chi connectivity index (χ1) is 9.70. The van der Waals surface area contributed by atoms with E-state index >= 15 is 0 Å². The number of halogens is 1. The van der Waals surface area contributed by atoms with Gasteiger partial charge in [0.2, 0.25) is 5.91 Å². The van der Waals surface area contributed by atoms with Crippen molar-refractivity contribution in [2.45, 2.75) is 38.5 Å². The molecule has 0 radical (unpaired) electrons. The molecule has 1 aliphatic rings. The Hall–Kier alpha value is -1.39. The van der Waals surface area contributed by atoms with Gasteiger partial charge in [0, 0.05) is 24.9 Å². The second-order valence-corrected chi connectivity index (χ2v) is 5.25. The molecule has 21 heavy (non-hydrogen) atoms. The van der Waals surface area contributed by atoms with E-state index in [1.807, 2.05) is 12.1 Å². The topological polar surface area (TPSA) is 72.2 Å². The summed E-state index contributed by atoms with van der Waals surface area (Å²) >= 11 is 0. The molecule has 0 atom stereocenters. The third-order valence-corrected chi connectivity index (χ3v) is 3.70. The molecule has 1 aromatic rings. The van der Waals surface area contributed by atoms with Crippen LogP contribution in [0, 0.1) is 0 Å². The van der Waals surface area contributed by atoms with E-state index in [0.717, 1.165) is 24.8 Å². The molecular weight excluding hydrogens is 288 g/mol. The first-order valence-electron chi connectivity index (χ1n) is 7.32. The third kappa shape index (κ3) is 5.14. The number of hydrogen-bond donors (Lipinski definition) is 2. The van der Waals surface area contributed by atoms with Crippen molar-refractivity contribution in [2.75, 3.05) is 13.1 Å². The van der Waals surface area contributed by atoms with Crippen molar-refractivity contribution in [3.63, 3.8) is 0 Å². The Morgan fingerprint density at radius 2 is 1.90 bits per heavy atom. The van der Waals surface area contributed by atoms with Gasteiger partial charge in [-0.2, -0.15) is 0 Å². The van der Waals surface area contributed by atoms with Crippen molar-refractivity contribution in [2.24, 2.45) is 5.73 Å². The number of nitrogens with two attached hydrogens (primary N) is 1. The van der Waals surface area contributed by atoms with Crippen molar-refractivity contribution in [1.29, 1.82) is 0 Å². The molecule has 0 saturated heterocycles. The van der Waals surface area contributed by atoms with Gasteiger partial charge >= 0.3 is 0 Å². The van der Waals surface area contributed by atoms with E-state index in [1.54, 1.807) is 0 Å². The summed E-state index contributed by atoms with van der Waals surface area (Å²) in [6.45, 7) is 1.15. The lowest BCUT2D eigenvalue weighted by Gasteiger charge is -2.05. The average Bonchev–Trinajstić information content (AvgIpc) is 2.92. The van der Waals surface area contributed by atoms with Gasteiger partial charge in [0.1, 0.15) is 0 Å². The minimum absolute atomic E-state index is 0. The molecule has 4 nitrogen and oxygen atoms in total. The van der Waals surface area contributed by atoms with Crippen LogP contribution in [0.25, 0.3) is 0 Å². The van der Waals surface area contributed by atoms with E-state index in [0.29, 0.717) is 13.1 Å². The van der Waals surface area contributed by atoms with Gasteiger partial charge < -0.3 is 11.1 Å². The standard InChI is InChI=1S/C16H22N2O2.ClH/c17-9-2-10-18-16(20)8-7-15(19)14-6-5-12-3-1-4-13(12)11-14;/h5-6,11H,1-4,7-10,17H2,(H,18,20);1H. The molecule has 0 aromatic heterocycles. The molecule has 1 amide bonds. The molecule has 5 heteroatoms. The van der Waals surface area contributed by atoms with Crippen molar-refractivity contribution in [3.05, 3.63) is 34.9 Å². The molecule has 0 bridgehead atoms. The zero-order valence-corrected chi connectivity index (χ0v) is 13.0. The summed E-state index contributed by atoms with van der Waals surface area (Å²) in [7, 11) is 0. The van der Waals surface area contributed by atoms with Crippen LogP contribution in [0.3, 0.4) is 0 Å². The number of fused-ring (bicyclic) bond motifs is 1. The number of ketones is 1. The predicted molar refractivity (Wildman–Crippen MR) is 86.0 cm³/mol. The highest BCUT2D eigenvalue weighted by Gasteiger charge is 2.14. The van der Waals surface area contributed by atoms with E-state index in [4.69, 9.17) is 5.73 Å². The van der Waals surface area contributed by atoms with Gasteiger partial charge in [0.25, 0.3) is 0 Å². The lowest BCUT2D eigenvalue weighted by Crippen LogP contribution is -2.26. The zero-order valence-electron chi connectivity index (χ0n) is 12.2. The van der Waals surface area contributed by atoms with Gasteiger partial charge in [-0.25, -0.2) is 0 Å². The van der Waals surface area contributed by atoms with Crippen LogP contribution in [0.2, 0.25) is 0 Å². The maximum absolute atomic E-state index is 12.1. The first-order valence-corrected chi connectivity index (χ1v) is 7.32. The Morgan fingerprint density at radius 3 is 2.67 bits per heavy atom. The Kier molecular flexibility index (Phi) is 7.40. The number of amides is 1. The van der Waals surface area contributed by atoms with Gasteiger partial charge in [-0.15, -0.1) is 12.4 Å². The Morgan fingerprint density at radius 1 is 1.14 bits per heavy atom. The highest BCUT2D eigenvalue weighted by Crippen LogP contribution is 2.23. The monoisotopic (exact) mass is 310 g/mol. The minimum atomic E-state index is -0.0760. The molecule has 1 aromatic carbocycles. The molecule has 0 saturated carbocycles. The van der Waals surface area contributed by atoms with Crippen molar-refractivity contribution >= 4 is 24.1 Å². The summed E-state index contributed by atoms with van der Waals surface area (Å²) in [5.74, 6) is -0.0263. The molecule has 2 rings (SSSR count). The summed E-state index contributed by atoms with van der Waals surface area (Å²) in [6.07, 6.45) is 4.65. The number of Topliss-reactive ketones (excluding diaryl/α,β-unsaturated/α-hetero) is 1. The van der Waals surface area contributed by atoms with Crippen molar-refractivity contribution in [3.8, 4) is 0 Å². The van der Waals surface area contributed by atoms with E-state index < -0.39 is 0 Å². The average molecular weight is 311 g/mol. The van der Waals surface area contributed by atoms with Crippen LogP contribution in [0.4, 0.5) is 0 Å². The normalized spacial score (nSPS) is 12.4. The highest BCUT2D eigenvalue weighted by atomic mass is 35.5. The molecule has 0 spiro atoms. The molecule has 3 N–H and O–H groups in total. The number of nitrogens with one attached hydrogen (secondary N) is 1. The van der Waals surface area contributed by atoms with Crippen molar-refractivity contribution in [1.82, 2.24) is 5.32 Å². The molecule has 0 fully saturated rings.